The van der Waals surface area contributed by atoms with Crippen molar-refractivity contribution < 1.29 is 32.6 Å². The number of pyridine rings is 1. The summed E-state index contributed by atoms with van der Waals surface area (Å²) in [4.78, 5) is 29.0. The van der Waals surface area contributed by atoms with Crippen LogP contribution in [0.15, 0.2) is 12.3 Å². The van der Waals surface area contributed by atoms with Crippen molar-refractivity contribution in [1.29, 1.82) is 0 Å². The number of carbonyl (C=O) groups excluding carboxylic acids is 2. The summed E-state index contributed by atoms with van der Waals surface area (Å²) in [5.41, 5.74) is -0.834. The molecule has 3 amide bonds. The van der Waals surface area contributed by atoms with E-state index in [0.717, 1.165) is 30.0 Å². The molecule has 0 bridgehead atoms. The third-order valence-electron chi connectivity index (χ3n) is 4.47. The average Bonchev–Trinajstić information content (AvgIpc) is 2.62. The summed E-state index contributed by atoms with van der Waals surface area (Å²) in [6, 6.07) is 0.402. The number of rotatable bonds is 6. The number of hydrogen-bond donors (Lipinski definition) is 3. The molecule has 4 N–H and O–H groups in total. The first-order valence-corrected chi connectivity index (χ1v) is 9.53. The minimum Gasteiger partial charge on any atom is -0.338 e. The summed E-state index contributed by atoms with van der Waals surface area (Å²) in [6.07, 6.45) is -1.77. The molecule has 2 heterocycles. The van der Waals surface area contributed by atoms with Crippen LogP contribution in [-0.2, 0) is 11.0 Å². The van der Waals surface area contributed by atoms with Crippen LogP contribution in [0, 0.1) is 0 Å². The van der Waals surface area contributed by atoms with E-state index in [-0.39, 0.29) is 17.5 Å². The maximum Gasteiger partial charge on any atom is 0.419 e. The monoisotopic (exact) mass is 423 g/mol. The molecule has 0 unspecified atom stereocenters. The normalized spacial score (nSPS) is 15.4. The number of halogens is 4. The number of piperazine rings is 1. The van der Waals surface area contributed by atoms with E-state index >= 15 is 0 Å². The van der Waals surface area contributed by atoms with Crippen LogP contribution < -0.4 is 25.4 Å². The lowest BCUT2D eigenvalue weighted by Gasteiger charge is -2.28. The Balaban J connectivity index is 1.81. The number of carbonyl (C=O) groups is 2. The number of anilines is 1. The predicted molar refractivity (Wildman–Crippen MR) is 97.2 cm³/mol. The molecule has 0 saturated carbocycles. The molecule has 1 fully saturated rings. The van der Waals surface area contributed by atoms with Crippen LogP contribution in [0.5, 0.6) is 0 Å². The number of hydrogen-bond acceptors (Lipinski definition) is 3. The summed E-state index contributed by atoms with van der Waals surface area (Å²) >= 11 is 6.01. The average molecular weight is 424 g/mol. The summed E-state index contributed by atoms with van der Waals surface area (Å²) in [5.74, 6) is 0.0602. The number of H-pyrrole nitrogens is 1. The molecule has 1 saturated heterocycles. The van der Waals surface area contributed by atoms with Gasteiger partial charge < -0.3 is 10.2 Å². The summed E-state index contributed by atoms with van der Waals surface area (Å²) < 4.78 is 38.2. The molecule has 1 aromatic rings. The molecular weight excluding hydrogens is 399 g/mol. The Morgan fingerprint density at radius 1 is 1.32 bits per heavy atom. The minimum atomic E-state index is -4.46. The first-order valence-electron chi connectivity index (χ1n) is 9.15. The molecule has 156 valence electrons. The van der Waals surface area contributed by atoms with Crippen molar-refractivity contribution in [1.82, 2.24) is 10.6 Å². The minimum absolute atomic E-state index is 0.000214. The molecule has 0 radical (unpaired) electrons. The zero-order valence-electron chi connectivity index (χ0n) is 15.6. The molecule has 1 aliphatic rings. The molecule has 0 aromatic carbocycles. The number of quaternary nitrogens is 1. The van der Waals surface area contributed by atoms with Gasteiger partial charge in [0.05, 0.1) is 5.56 Å². The number of alkyl halides is 3. The molecule has 1 aromatic heterocycles. The van der Waals surface area contributed by atoms with Gasteiger partial charge in [-0.2, -0.15) is 13.2 Å². The molecule has 0 atom stereocenters. The standard InChI is InChI=1S/C17H23ClF3N5O2/c1-2-3-4-22-16(28)24-14(27)11-25-5-7-26(8-6-25)15-13(18)9-12(10-23-15)17(19,20)21/h9-10H,2-8,11H2,1H3,(H2,22,24,27,28)/p+2. The predicted octanol–water partition coefficient (Wildman–Crippen LogP) is 0.504. The fourth-order valence-electron chi connectivity index (χ4n) is 2.91. The quantitative estimate of drug-likeness (QED) is 0.583. The molecule has 7 nitrogen and oxygen atoms in total. The zero-order chi connectivity index (χ0) is 20.7. The van der Waals surface area contributed by atoms with E-state index in [1.165, 1.54) is 0 Å². The number of nitrogens with one attached hydrogen (secondary N) is 4. The number of unbranched alkanes of at least 4 members (excludes halogenated alkanes) is 1. The van der Waals surface area contributed by atoms with Gasteiger partial charge in [0.15, 0.2) is 6.54 Å². The number of aromatic amines is 1. The fourth-order valence-corrected chi connectivity index (χ4v) is 3.20. The lowest BCUT2D eigenvalue weighted by atomic mass is 10.2. The van der Waals surface area contributed by atoms with Crippen LogP contribution in [-0.4, -0.2) is 51.2 Å². The molecule has 0 spiro atoms. The maximum absolute atomic E-state index is 12.7. The lowest BCUT2D eigenvalue weighted by Crippen LogP contribution is -3.16. The highest BCUT2D eigenvalue weighted by Crippen LogP contribution is 2.31. The second-order valence-electron chi connectivity index (χ2n) is 6.65. The van der Waals surface area contributed by atoms with Crippen LogP contribution in [0.2, 0.25) is 5.02 Å². The number of nitrogens with zero attached hydrogens (tertiary/aromatic N) is 1. The molecule has 2 rings (SSSR count). The van der Waals surface area contributed by atoms with E-state index in [9.17, 15) is 22.8 Å². The largest absolute Gasteiger partial charge is 0.419 e. The maximum atomic E-state index is 12.7. The smallest absolute Gasteiger partial charge is 0.338 e. The topological polar surface area (TPSA) is 80.0 Å². The Hall–Kier alpha value is -2.07. The van der Waals surface area contributed by atoms with Crippen molar-refractivity contribution in [2.24, 2.45) is 0 Å². The van der Waals surface area contributed by atoms with Crippen molar-refractivity contribution in [3.63, 3.8) is 0 Å². The summed E-state index contributed by atoms with van der Waals surface area (Å²) in [5, 5.41) is 4.92. The third kappa shape index (κ3) is 6.52. The molecular formula is C17H25ClF3N5O2+2. The van der Waals surface area contributed by atoms with Crippen LogP contribution in [0.25, 0.3) is 0 Å². The van der Waals surface area contributed by atoms with Crippen molar-refractivity contribution >= 4 is 29.4 Å². The first-order chi connectivity index (χ1) is 13.2. The second kappa shape index (κ2) is 9.92. The Morgan fingerprint density at radius 2 is 2.00 bits per heavy atom. The van der Waals surface area contributed by atoms with Crippen LogP contribution in [0.1, 0.15) is 25.3 Å². The number of imide groups is 1. The van der Waals surface area contributed by atoms with Gasteiger partial charge in [-0.15, -0.1) is 0 Å². The van der Waals surface area contributed by atoms with Crippen molar-refractivity contribution in [3.05, 3.63) is 22.8 Å². The lowest BCUT2D eigenvalue weighted by molar-refractivity contribution is -0.892. The highest BCUT2D eigenvalue weighted by atomic mass is 35.5. The Kier molecular flexibility index (Phi) is 7.88. The number of amides is 3. The number of urea groups is 1. The highest BCUT2D eigenvalue weighted by molar-refractivity contribution is 6.32. The Morgan fingerprint density at radius 3 is 2.57 bits per heavy atom. The fraction of sp³-hybridized carbons (Fsp3) is 0.588. The van der Waals surface area contributed by atoms with E-state index in [0.29, 0.717) is 38.5 Å². The second-order valence-corrected chi connectivity index (χ2v) is 7.06. The van der Waals surface area contributed by atoms with Gasteiger partial charge in [-0.05, 0) is 12.5 Å². The number of aromatic nitrogens is 1. The van der Waals surface area contributed by atoms with Crippen molar-refractivity contribution in [2.45, 2.75) is 25.9 Å². The van der Waals surface area contributed by atoms with E-state index in [4.69, 9.17) is 11.6 Å². The van der Waals surface area contributed by atoms with Gasteiger partial charge in [0.2, 0.25) is 0 Å². The summed E-state index contributed by atoms with van der Waals surface area (Å²) in [7, 11) is 0. The van der Waals surface area contributed by atoms with Gasteiger partial charge in [0.1, 0.15) is 37.4 Å². The first kappa shape index (κ1) is 22.2. The van der Waals surface area contributed by atoms with Gasteiger partial charge in [-0.3, -0.25) is 10.1 Å². The van der Waals surface area contributed by atoms with Crippen molar-refractivity contribution in [3.8, 4) is 0 Å². The van der Waals surface area contributed by atoms with Gasteiger partial charge >= 0.3 is 12.2 Å². The Labute approximate surface area is 166 Å². The van der Waals surface area contributed by atoms with Crippen molar-refractivity contribution in [2.75, 3.05) is 44.2 Å². The molecule has 0 aliphatic carbocycles. The molecule has 11 heteroatoms. The van der Waals surface area contributed by atoms with E-state index in [1.54, 1.807) is 0 Å². The van der Waals surface area contributed by atoms with E-state index < -0.39 is 17.8 Å². The van der Waals surface area contributed by atoms with Crippen LogP contribution in [0.4, 0.5) is 23.8 Å². The molecule has 28 heavy (non-hydrogen) atoms. The van der Waals surface area contributed by atoms with Gasteiger partial charge in [0, 0.05) is 6.54 Å². The zero-order valence-corrected chi connectivity index (χ0v) is 16.3. The SMILES string of the molecule is CCCCNC(=O)NC(=O)C[NH+]1CCN(c2[nH+]cc(C(F)(F)F)cc2Cl)CC1. The van der Waals surface area contributed by atoms with E-state index in [1.807, 2.05) is 11.8 Å². The third-order valence-corrected chi connectivity index (χ3v) is 4.75. The van der Waals surface area contributed by atoms with Crippen LogP contribution in [0.3, 0.4) is 0 Å². The van der Waals surface area contributed by atoms with Gasteiger partial charge in [0.25, 0.3) is 11.7 Å². The van der Waals surface area contributed by atoms with Gasteiger partial charge in [-0.1, -0.05) is 24.9 Å². The Bertz CT molecular complexity index is 694. The summed E-state index contributed by atoms with van der Waals surface area (Å²) in [6.45, 7) is 4.90. The molecule has 1 aliphatic heterocycles. The van der Waals surface area contributed by atoms with E-state index in [2.05, 4.69) is 15.6 Å². The van der Waals surface area contributed by atoms with Crippen LogP contribution >= 0.6 is 11.6 Å². The van der Waals surface area contributed by atoms with Gasteiger partial charge in [-0.25, -0.2) is 14.7 Å². The highest BCUT2D eigenvalue weighted by Gasteiger charge is 2.35.